The van der Waals surface area contributed by atoms with Crippen molar-refractivity contribution in [3.05, 3.63) is 84.3 Å². The minimum atomic E-state index is -0.643. The Hall–Kier alpha value is -4.70. The molecule has 1 saturated heterocycles. The summed E-state index contributed by atoms with van der Waals surface area (Å²) in [5.74, 6) is 0.902. The molecule has 2 heterocycles. The lowest BCUT2D eigenvalue weighted by molar-refractivity contribution is 0.203. The maximum atomic E-state index is 15.1. The average molecular weight is 600 g/mol. The monoisotopic (exact) mass is 599 g/mol. The second-order valence-corrected chi connectivity index (χ2v) is 10.5. The predicted octanol–water partition coefficient (Wildman–Crippen LogP) is 7.37. The summed E-state index contributed by atoms with van der Waals surface area (Å²) in [6.07, 6.45) is 7.01. The number of likely N-dealkylation sites (tertiary alicyclic amines) is 1. The number of hydrazone groups is 1. The Morgan fingerprint density at radius 1 is 0.977 bits per heavy atom. The van der Waals surface area contributed by atoms with Crippen molar-refractivity contribution >= 4 is 28.3 Å². The lowest BCUT2D eigenvalue weighted by atomic mass is 10.1. The largest absolute Gasteiger partial charge is 0.493 e. The molecule has 0 bridgehead atoms. The highest BCUT2D eigenvalue weighted by Crippen LogP contribution is 2.38. The van der Waals surface area contributed by atoms with Crippen LogP contribution in [0.4, 0.5) is 14.9 Å². The van der Waals surface area contributed by atoms with Crippen LogP contribution in [-0.4, -0.2) is 55.0 Å². The Bertz CT molecular complexity index is 1590. The zero-order valence-electron chi connectivity index (χ0n) is 25.1. The molecule has 0 saturated carbocycles. The van der Waals surface area contributed by atoms with Crippen molar-refractivity contribution < 1.29 is 23.4 Å². The molecule has 0 radical (unpaired) electrons. The minimum Gasteiger partial charge on any atom is -0.493 e. The number of carbonyl (C=O) groups is 1. The summed E-state index contributed by atoms with van der Waals surface area (Å²) in [7, 11) is 1.58. The van der Waals surface area contributed by atoms with Gasteiger partial charge in [-0.3, -0.25) is 4.98 Å². The van der Waals surface area contributed by atoms with Gasteiger partial charge in [0.2, 0.25) is 0 Å². The van der Waals surface area contributed by atoms with Crippen molar-refractivity contribution in [1.29, 1.82) is 0 Å². The Balaban J connectivity index is 1.22. The third kappa shape index (κ3) is 8.02. The zero-order valence-corrected chi connectivity index (χ0v) is 25.1. The van der Waals surface area contributed by atoms with E-state index in [2.05, 4.69) is 25.7 Å². The van der Waals surface area contributed by atoms with Crippen LogP contribution in [0.3, 0.4) is 0 Å². The topological polar surface area (TPSA) is 97.3 Å². The molecular weight excluding hydrogens is 561 g/mol. The van der Waals surface area contributed by atoms with Crippen LogP contribution < -0.4 is 25.0 Å². The van der Waals surface area contributed by atoms with Gasteiger partial charge in [0.1, 0.15) is 5.75 Å². The van der Waals surface area contributed by atoms with E-state index >= 15 is 4.39 Å². The van der Waals surface area contributed by atoms with E-state index < -0.39 is 11.8 Å². The number of nitrogens with one attached hydrogen (secondary N) is 2. The summed E-state index contributed by atoms with van der Waals surface area (Å²) < 4.78 is 32.7. The zero-order chi connectivity index (χ0) is 30.7. The van der Waals surface area contributed by atoms with Crippen LogP contribution in [0, 0.1) is 5.82 Å². The molecule has 0 aliphatic carbocycles. The lowest BCUT2D eigenvalue weighted by Gasteiger charge is -2.26. The van der Waals surface area contributed by atoms with E-state index in [1.54, 1.807) is 31.5 Å². The first-order chi connectivity index (χ1) is 21.5. The van der Waals surface area contributed by atoms with Gasteiger partial charge in [-0.25, -0.2) is 14.6 Å². The fraction of sp³-hybridized carbons (Fsp3) is 0.324. The molecule has 0 unspecified atom stereocenters. The number of hydrogen-bond donors (Lipinski definition) is 2. The predicted molar refractivity (Wildman–Crippen MR) is 171 cm³/mol. The van der Waals surface area contributed by atoms with Crippen LogP contribution in [0.5, 0.6) is 23.0 Å². The molecule has 10 heteroatoms. The third-order valence-corrected chi connectivity index (χ3v) is 7.46. The quantitative estimate of drug-likeness (QED) is 0.100. The SMILES string of the molecule is CC/C(=N\NC(=O)Nc1ccc(Oc2ccnc3cc(OCCCN4CCCCC4)c(OC)cc23)c(F)c1)c1ccccc1. The summed E-state index contributed by atoms with van der Waals surface area (Å²) in [6.45, 7) is 5.85. The highest BCUT2D eigenvalue weighted by atomic mass is 19.1. The van der Waals surface area contributed by atoms with E-state index in [1.165, 1.54) is 31.4 Å². The number of ether oxygens (including phenoxy) is 3. The summed E-state index contributed by atoms with van der Waals surface area (Å²) in [4.78, 5) is 19.4. The van der Waals surface area contributed by atoms with Crippen molar-refractivity contribution in [3.8, 4) is 23.0 Å². The number of pyridine rings is 1. The van der Waals surface area contributed by atoms with Crippen molar-refractivity contribution in [2.75, 3.05) is 38.7 Å². The first-order valence-corrected chi connectivity index (χ1v) is 15.0. The maximum absolute atomic E-state index is 15.1. The van der Waals surface area contributed by atoms with Gasteiger partial charge in [-0.05, 0) is 68.6 Å². The van der Waals surface area contributed by atoms with E-state index in [0.29, 0.717) is 41.2 Å². The number of halogens is 1. The van der Waals surface area contributed by atoms with E-state index in [4.69, 9.17) is 14.2 Å². The Morgan fingerprint density at radius 3 is 2.55 bits per heavy atom. The van der Waals surface area contributed by atoms with E-state index in [9.17, 15) is 4.79 Å². The number of carbonyl (C=O) groups excluding carboxylic acids is 1. The Labute approximate surface area is 257 Å². The highest BCUT2D eigenvalue weighted by molar-refractivity contribution is 6.01. The standard InChI is InChI=1S/C34H38FN5O4/c1-3-28(24-11-6-4-7-12-24)38-39-34(41)37-25-13-14-31(27(35)21-25)44-30-15-16-36-29-23-33(32(42-2)22-26(29)30)43-20-10-19-40-17-8-5-9-18-40/h4,6-7,11-16,21-23H,3,5,8-10,17-20H2,1-2H3,(H2,37,39,41)/b38-28+. The van der Waals surface area contributed by atoms with Gasteiger partial charge in [-0.2, -0.15) is 5.10 Å². The fourth-order valence-corrected chi connectivity index (χ4v) is 5.18. The van der Waals surface area contributed by atoms with Gasteiger partial charge in [0.15, 0.2) is 23.1 Å². The second-order valence-electron chi connectivity index (χ2n) is 10.5. The summed E-state index contributed by atoms with van der Waals surface area (Å²) in [5, 5.41) is 7.45. The molecule has 1 fully saturated rings. The molecule has 230 valence electrons. The van der Waals surface area contributed by atoms with Crippen LogP contribution >= 0.6 is 0 Å². The molecular formula is C34H38FN5O4. The second kappa shape index (κ2) is 15.2. The van der Waals surface area contributed by atoms with Crippen molar-refractivity contribution in [2.45, 2.75) is 39.0 Å². The minimum absolute atomic E-state index is 0.00386. The molecule has 3 aromatic carbocycles. The van der Waals surface area contributed by atoms with E-state index in [1.807, 2.05) is 43.3 Å². The number of hydrogen-bond acceptors (Lipinski definition) is 7. The molecule has 2 N–H and O–H groups in total. The lowest BCUT2D eigenvalue weighted by Crippen LogP contribution is -2.31. The van der Waals surface area contributed by atoms with Gasteiger partial charge in [-0.15, -0.1) is 0 Å². The molecule has 1 aromatic heterocycles. The molecule has 2 amide bonds. The number of anilines is 1. The number of methoxy groups -OCH3 is 1. The van der Waals surface area contributed by atoms with Crippen LogP contribution in [0.25, 0.3) is 10.9 Å². The molecule has 9 nitrogen and oxygen atoms in total. The molecule has 4 aromatic rings. The maximum Gasteiger partial charge on any atom is 0.339 e. The van der Waals surface area contributed by atoms with Gasteiger partial charge in [0, 0.05) is 35.9 Å². The van der Waals surface area contributed by atoms with E-state index in [-0.39, 0.29) is 11.4 Å². The summed E-state index contributed by atoms with van der Waals surface area (Å²) in [6, 6.07) is 18.4. The van der Waals surface area contributed by atoms with Gasteiger partial charge < -0.3 is 24.4 Å². The third-order valence-electron chi connectivity index (χ3n) is 7.46. The fourth-order valence-electron chi connectivity index (χ4n) is 5.18. The molecule has 0 atom stereocenters. The Morgan fingerprint density at radius 2 is 1.80 bits per heavy atom. The molecule has 1 aliphatic rings. The van der Waals surface area contributed by atoms with Crippen LogP contribution in [0.15, 0.2) is 78.0 Å². The van der Waals surface area contributed by atoms with Gasteiger partial charge in [0.25, 0.3) is 0 Å². The number of urea groups is 1. The van der Waals surface area contributed by atoms with Crippen molar-refractivity contribution in [1.82, 2.24) is 15.3 Å². The first-order valence-electron chi connectivity index (χ1n) is 15.0. The molecule has 1 aliphatic heterocycles. The number of benzene rings is 3. The van der Waals surface area contributed by atoms with Gasteiger partial charge in [-0.1, -0.05) is 43.7 Å². The number of amides is 2. The van der Waals surface area contributed by atoms with Crippen molar-refractivity contribution in [2.24, 2.45) is 5.10 Å². The molecule has 0 spiro atoms. The van der Waals surface area contributed by atoms with Crippen LogP contribution in [0.2, 0.25) is 0 Å². The van der Waals surface area contributed by atoms with Gasteiger partial charge >= 0.3 is 6.03 Å². The highest BCUT2D eigenvalue weighted by Gasteiger charge is 2.15. The molecule has 5 rings (SSSR count). The summed E-state index contributed by atoms with van der Waals surface area (Å²) >= 11 is 0. The Kier molecular flexibility index (Phi) is 10.6. The average Bonchev–Trinajstić information content (AvgIpc) is 3.05. The smallest absolute Gasteiger partial charge is 0.339 e. The molecule has 44 heavy (non-hydrogen) atoms. The number of rotatable bonds is 12. The van der Waals surface area contributed by atoms with E-state index in [0.717, 1.165) is 37.3 Å². The number of piperidine rings is 1. The first kappa shape index (κ1) is 30.7. The number of nitrogens with zero attached hydrogens (tertiary/aromatic N) is 3. The van der Waals surface area contributed by atoms with Crippen molar-refractivity contribution in [3.63, 3.8) is 0 Å². The van der Waals surface area contributed by atoms with Crippen LogP contribution in [0.1, 0.15) is 44.6 Å². The number of aromatic nitrogens is 1. The summed E-state index contributed by atoms with van der Waals surface area (Å²) in [5.41, 5.74) is 5.00. The van der Waals surface area contributed by atoms with Crippen LogP contribution in [-0.2, 0) is 0 Å². The normalized spacial score (nSPS) is 13.8. The van der Waals surface area contributed by atoms with Gasteiger partial charge in [0.05, 0.1) is 24.9 Å². The number of fused-ring (bicyclic) bond motifs is 1.